The number of pyridine rings is 1. The monoisotopic (exact) mass is 345 g/mol. The summed E-state index contributed by atoms with van der Waals surface area (Å²) >= 11 is 5.80. The van der Waals surface area contributed by atoms with Crippen LogP contribution in [0.3, 0.4) is 0 Å². The molecule has 5 heterocycles. The van der Waals surface area contributed by atoms with E-state index in [0.29, 0.717) is 17.4 Å². The zero-order valence-electron chi connectivity index (χ0n) is 12.5. The lowest BCUT2D eigenvalue weighted by Gasteiger charge is -2.35. The molecule has 122 valence electrons. The highest BCUT2D eigenvalue weighted by molar-refractivity contribution is 6.30. The van der Waals surface area contributed by atoms with Gasteiger partial charge in [0.05, 0.1) is 17.1 Å². The highest BCUT2D eigenvalue weighted by Crippen LogP contribution is 2.37. The van der Waals surface area contributed by atoms with Gasteiger partial charge in [-0.1, -0.05) is 11.6 Å². The summed E-state index contributed by atoms with van der Waals surface area (Å²) in [6, 6.07) is 1.76. The van der Waals surface area contributed by atoms with Crippen molar-refractivity contribution in [1.82, 2.24) is 24.6 Å². The van der Waals surface area contributed by atoms with E-state index in [1.165, 1.54) is 12.3 Å². The van der Waals surface area contributed by atoms with Crippen LogP contribution in [0.15, 0.2) is 31.0 Å². The molecule has 0 amide bonds. The molecule has 2 bridgehead atoms. The Kier molecular flexibility index (Phi) is 2.90. The van der Waals surface area contributed by atoms with E-state index >= 15 is 0 Å². The lowest BCUT2D eigenvalue weighted by molar-refractivity contribution is 0.584. The summed E-state index contributed by atoms with van der Waals surface area (Å²) < 4.78 is 16.0. The van der Waals surface area contributed by atoms with Gasteiger partial charge in [-0.05, 0) is 12.5 Å². The first-order chi connectivity index (χ1) is 11.7. The molecule has 2 aliphatic heterocycles. The van der Waals surface area contributed by atoms with Crippen molar-refractivity contribution in [3.05, 3.63) is 41.8 Å². The molecule has 2 unspecified atom stereocenters. The zero-order chi connectivity index (χ0) is 16.3. The van der Waals surface area contributed by atoms with Crippen molar-refractivity contribution in [2.45, 2.75) is 18.5 Å². The Morgan fingerprint density at radius 2 is 1.92 bits per heavy atom. The summed E-state index contributed by atoms with van der Waals surface area (Å²) in [7, 11) is 0. The van der Waals surface area contributed by atoms with E-state index in [0.717, 1.165) is 24.4 Å². The Morgan fingerprint density at radius 3 is 2.67 bits per heavy atom. The maximum atomic E-state index is 14.2. The Balaban J connectivity index is 1.45. The third-order valence-corrected chi connectivity index (χ3v) is 4.98. The fourth-order valence-corrected chi connectivity index (χ4v) is 3.90. The highest BCUT2D eigenvalue weighted by atomic mass is 35.5. The Morgan fingerprint density at radius 1 is 1.12 bits per heavy atom. The van der Waals surface area contributed by atoms with Gasteiger partial charge in [-0.25, -0.2) is 14.4 Å². The fourth-order valence-electron chi connectivity index (χ4n) is 3.75. The van der Waals surface area contributed by atoms with Crippen LogP contribution in [0, 0.1) is 5.82 Å². The Bertz CT molecular complexity index is 929. The van der Waals surface area contributed by atoms with E-state index in [2.05, 4.69) is 25.1 Å². The van der Waals surface area contributed by atoms with Crippen LogP contribution in [0.2, 0.25) is 5.02 Å². The Labute approximate surface area is 141 Å². The maximum Gasteiger partial charge on any atom is 0.203 e. The maximum absolute atomic E-state index is 14.2. The average molecular weight is 346 g/mol. The largest absolute Gasteiger partial charge is 0.347 e. The third kappa shape index (κ3) is 1.96. The van der Waals surface area contributed by atoms with E-state index in [9.17, 15) is 4.39 Å². The van der Waals surface area contributed by atoms with Crippen LogP contribution in [-0.4, -0.2) is 49.7 Å². The van der Waals surface area contributed by atoms with Gasteiger partial charge in [0.25, 0.3) is 0 Å². The minimum absolute atomic E-state index is 0.197. The molecular formula is C15H13ClFN7. The molecule has 0 spiro atoms. The molecule has 0 N–H and O–H groups in total. The Hall–Kier alpha value is -2.48. The smallest absolute Gasteiger partial charge is 0.203 e. The molecular weight excluding hydrogens is 333 g/mol. The average Bonchev–Trinajstić information content (AvgIpc) is 3.29. The van der Waals surface area contributed by atoms with Crippen molar-refractivity contribution in [1.29, 1.82) is 0 Å². The standard InChI is InChI=1S/C15H13ClFN7/c16-9-3-12(17)13(19-5-9)23-6-11-4-10(23)7-24(11)14-15-21-20-8-22(15)2-1-18-14/h1-3,5,8,10-11H,4,6-7H2. The number of fused-ring (bicyclic) bond motifs is 3. The minimum atomic E-state index is -0.376. The van der Waals surface area contributed by atoms with E-state index < -0.39 is 0 Å². The molecule has 9 heteroatoms. The van der Waals surface area contributed by atoms with Crippen LogP contribution in [0.25, 0.3) is 5.65 Å². The van der Waals surface area contributed by atoms with E-state index in [1.807, 2.05) is 15.5 Å². The van der Waals surface area contributed by atoms with Crippen molar-refractivity contribution in [3.63, 3.8) is 0 Å². The molecule has 2 fully saturated rings. The van der Waals surface area contributed by atoms with Crippen LogP contribution in [0.1, 0.15) is 6.42 Å². The number of nitrogens with zero attached hydrogens (tertiary/aromatic N) is 7. The SMILES string of the molecule is Fc1cc(Cl)cnc1N1CC2CC1CN2c1nccn2cnnc12. The number of anilines is 2. The number of aromatic nitrogens is 5. The van der Waals surface area contributed by atoms with Gasteiger partial charge in [0.15, 0.2) is 17.5 Å². The van der Waals surface area contributed by atoms with Gasteiger partial charge in [0, 0.05) is 31.7 Å². The van der Waals surface area contributed by atoms with Crippen molar-refractivity contribution in [2.24, 2.45) is 0 Å². The van der Waals surface area contributed by atoms with Gasteiger partial charge in [0.2, 0.25) is 5.65 Å². The van der Waals surface area contributed by atoms with E-state index in [-0.39, 0.29) is 17.9 Å². The van der Waals surface area contributed by atoms with Crippen LogP contribution in [-0.2, 0) is 0 Å². The second kappa shape index (κ2) is 5.01. The molecule has 0 aliphatic carbocycles. The number of piperazine rings is 1. The fraction of sp³-hybridized carbons (Fsp3) is 0.333. The van der Waals surface area contributed by atoms with Gasteiger partial charge in [-0.15, -0.1) is 10.2 Å². The summed E-state index contributed by atoms with van der Waals surface area (Å²) in [5.41, 5.74) is 0.743. The second-order valence-corrected chi connectivity index (χ2v) is 6.56. The summed E-state index contributed by atoms with van der Waals surface area (Å²) in [5.74, 6) is 0.825. The normalized spacial score (nSPS) is 22.8. The molecule has 0 aromatic carbocycles. The quantitative estimate of drug-likeness (QED) is 0.705. The molecule has 0 saturated carbocycles. The van der Waals surface area contributed by atoms with Crippen molar-refractivity contribution in [2.75, 3.05) is 22.9 Å². The molecule has 3 aromatic rings. The topological polar surface area (TPSA) is 62.5 Å². The van der Waals surface area contributed by atoms with Crippen LogP contribution in [0.5, 0.6) is 0 Å². The van der Waals surface area contributed by atoms with Crippen LogP contribution in [0.4, 0.5) is 16.0 Å². The van der Waals surface area contributed by atoms with Crippen LogP contribution < -0.4 is 9.80 Å². The lowest BCUT2D eigenvalue weighted by Crippen LogP contribution is -2.47. The summed E-state index contributed by atoms with van der Waals surface area (Å²) in [6.45, 7) is 1.46. The molecule has 5 rings (SSSR count). The number of hydrogen-bond donors (Lipinski definition) is 0. The molecule has 2 atom stereocenters. The first-order valence-electron chi connectivity index (χ1n) is 7.69. The van der Waals surface area contributed by atoms with Crippen molar-refractivity contribution >= 4 is 28.9 Å². The van der Waals surface area contributed by atoms with E-state index in [4.69, 9.17) is 11.6 Å². The molecule has 0 radical (unpaired) electrons. The van der Waals surface area contributed by atoms with Crippen molar-refractivity contribution in [3.8, 4) is 0 Å². The van der Waals surface area contributed by atoms with Gasteiger partial charge in [-0.2, -0.15) is 0 Å². The number of rotatable bonds is 2. The van der Waals surface area contributed by atoms with E-state index in [1.54, 1.807) is 12.5 Å². The summed E-state index contributed by atoms with van der Waals surface area (Å²) in [5, 5.41) is 8.41. The van der Waals surface area contributed by atoms with Gasteiger partial charge < -0.3 is 9.80 Å². The predicted molar refractivity (Wildman–Crippen MR) is 86.9 cm³/mol. The molecule has 2 saturated heterocycles. The summed E-state index contributed by atoms with van der Waals surface area (Å²) in [4.78, 5) is 12.9. The highest BCUT2D eigenvalue weighted by Gasteiger charge is 2.45. The number of halogens is 2. The third-order valence-electron chi connectivity index (χ3n) is 4.77. The van der Waals surface area contributed by atoms with Crippen molar-refractivity contribution < 1.29 is 4.39 Å². The molecule has 7 nitrogen and oxygen atoms in total. The molecule has 2 aliphatic rings. The zero-order valence-corrected chi connectivity index (χ0v) is 13.3. The van der Waals surface area contributed by atoms with Gasteiger partial charge >= 0.3 is 0 Å². The van der Waals surface area contributed by atoms with Crippen LogP contribution >= 0.6 is 11.6 Å². The molecule has 24 heavy (non-hydrogen) atoms. The first kappa shape index (κ1) is 13.9. The van der Waals surface area contributed by atoms with Gasteiger partial charge in [-0.3, -0.25) is 4.40 Å². The lowest BCUT2D eigenvalue weighted by atomic mass is 10.2. The summed E-state index contributed by atoms with van der Waals surface area (Å²) in [6.07, 6.45) is 7.67. The second-order valence-electron chi connectivity index (χ2n) is 6.12. The molecule has 3 aromatic heterocycles. The minimum Gasteiger partial charge on any atom is -0.347 e. The number of hydrogen-bond acceptors (Lipinski definition) is 6. The first-order valence-corrected chi connectivity index (χ1v) is 8.07. The predicted octanol–water partition coefficient (Wildman–Crippen LogP) is 1.78. The van der Waals surface area contributed by atoms with Gasteiger partial charge in [0.1, 0.15) is 6.33 Å².